The molecule has 0 bridgehead atoms. The number of nitrogens with one attached hydrogen (secondary N) is 1. The maximum atomic E-state index is 12.8. The number of tetrazole rings is 1. The van der Waals surface area contributed by atoms with E-state index in [1.165, 1.54) is 16.7 Å². The summed E-state index contributed by atoms with van der Waals surface area (Å²) < 4.78 is 8.18. The summed E-state index contributed by atoms with van der Waals surface area (Å²) in [4.78, 5) is 23.7. The van der Waals surface area contributed by atoms with E-state index in [9.17, 15) is 14.9 Å². The van der Waals surface area contributed by atoms with E-state index in [1.807, 2.05) is 30.3 Å². The third kappa shape index (κ3) is 4.98. The summed E-state index contributed by atoms with van der Waals surface area (Å²) in [5.74, 6) is 0.770. The third-order valence-corrected chi connectivity index (χ3v) is 5.88. The molecule has 0 saturated carbocycles. The summed E-state index contributed by atoms with van der Waals surface area (Å²) >= 11 is 3.52. The minimum absolute atomic E-state index is 0.0162. The number of ether oxygens (including phenoxy) is 1. The zero-order valence-corrected chi connectivity index (χ0v) is 19.2. The van der Waals surface area contributed by atoms with Crippen molar-refractivity contribution < 1.29 is 9.66 Å². The predicted molar refractivity (Wildman–Crippen MR) is 124 cm³/mol. The molecular weight excluding hydrogens is 492 g/mol. The topological polar surface area (TPSA) is 129 Å². The Morgan fingerprint density at radius 3 is 2.64 bits per heavy atom. The summed E-state index contributed by atoms with van der Waals surface area (Å²) in [6.45, 7) is 0.341. The van der Waals surface area contributed by atoms with Gasteiger partial charge in [0, 0.05) is 34.9 Å². The first-order valence-electron chi connectivity index (χ1n) is 10.0. The van der Waals surface area contributed by atoms with Crippen LogP contribution in [0.5, 0.6) is 5.75 Å². The van der Waals surface area contributed by atoms with Gasteiger partial charge in [0.1, 0.15) is 12.4 Å². The van der Waals surface area contributed by atoms with Crippen LogP contribution >= 0.6 is 15.9 Å². The second-order valence-corrected chi connectivity index (χ2v) is 8.13. The molecule has 0 saturated heterocycles. The Hall–Kier alpha value is -3.86. The average molecular weight is 511 g/mol. The van der Waals surface area contributed by atoms with E-state index in [0.29, 0.717) is 40.8 Å². The monoisotopic (exact) mass is 510 g/mol. The number of nitro benzene ring substituents is 1. The smallest absolute Gasteiger partial charge is 0.269 e. The van der Waals surface area contributed by atoms with Crippen molar-refractivity contribution in [2.75, 3.05) is 0 Å². The van der Waals surface area contributed by atoms with Crippen LogP contribution in [0, 0.1) is 10.1 Å². The van der Waals surface area contributed by atoms with Crippen LogP contribution in [-0.4, -0.2) is 30.1 Å². The Labute approximate surface area is 196 Å². The van der Waals surface area contributed by atoms with E-state index in [0.717, 1.165) is 11.3 Å². The summed E-state index contributed by atoms with van der Waals surface area (Å²) in [5.41, 5.74) is 2.43. The zero-order chi connectivity index (χ0) is 23.4. The number of hydrogen-bond donors (Lipinski definition) is 1. The van der Waals surface area contributed by atoms with Gasteiger partial charge >= 0.3 is 0 Å². The number of aromatic nitrogens is 5. The quantitative estimate of drug-likeness (QED) is 0.283. The first-order chi connectivity index (χ1) is 15.9. The maximum absolute atomic E-state index is 12.8. The number of nitro groups is 1. The highest BCUT2D eigenvalue weighted by atomic mass is 79.9. The van der Waals surface area contributed by atoms with Crippen LogP contribution in [0.4, 0.5) is 5.69 Å². The van der Waals surface area contributed by atoms with Crippen molar-refractivity contribution in [3.63, 3.8) is 0 Å². The Balaban J connectivity index is 1.60. The molecule has 0 fully saturated rings. The number of nitrogens with zero attached hydrogens (tertiary/aromatic N) is 5. The van der Waals surface area contributed by atoms with Crippen LogP contribution in [0.1, 0.15) is 16.8 Å². The van der Waals surface area contributed by atoms with E-state index in [4.69, 9.17) is 4.74 Å². The van der Waals surface area contributed by atoms with Crippen LogP contribution in [0.2, 0.25) is 0 Å². The van der Waals surface area contributed by atoms with Crippen molar-refractivity contribution in [3.05, 3.63) is 96.4 Å². The molecule has 0 aliphatic heterocycles. The van der Waals surface area contributed by atoms with E-state index >= 15 is 0 Å². The molecule has 4 rings (SSSR count). The van der Waals surface area contributed by atoms with E-state index in [2.05, 4.69) is 36.6 Å². The number of H-pyrrole nitrogens is 1. The summed E-state index contributed by atoms with van der Waals surface area (Å²) in [5, 5.41) is 24.9. The number of aromatic amines is 1. The molecule has 1 N–H and O–H groups in total. The average Bonchev–Trinajstić information content (AvgIpc) is 3.35. The largest absolute Gasteiger partial charge is 0.489 e. The molecule has 2 aromatic heterocycles. The van der Waals surface area contributed by atoms with Crippen molar-refractivity contribution in [1.29, 1.82) is 0 Å². The first kappa shape index (κ1) is 22.3. The second kappa shape index (κ2) is 9.74. The van der Waals surface area contributed by atoms with Crippen LogP contribution in [0.15, 0.2) is 63.9 Å². The highest BCUT2D eigenvalue weighted by molar-refractivity contribution is 9.10. The number of non-ortho nitro benzene ring substituents is 1. The lowest BCUT2D eigenvalue weighted by atomic mass is 10.0. The van der Waals surface area contributed by atoms with Gasteiger partial charge in [0.05, 0.1) is 10.5 Å². The molecule has 0 atom stereocenters. The van der Waals surface area contributed by atoms with Crippen LogP contribution in [0.3, 0.4) is 0 Å². The number of halogens is 1. The van der Waals surface area contributed by atoms with Gasteiger partial charge in [-0.2, -0.15) is 5.21 Å². The fourth-order valence-corrected chi connectivity index (χ4v) is 4.16. The lowest BCUT2D eigenvalue weighted by molar-refractivity contribution is -0.384. The lowest BCUT2D eigenvalue weighted by Gasteiger charge is -2.15. The molecule has 0 spiro atoms. The van der Waals surface area contributed by atoms with Crippen LogP contribution in [-0.2, 0) is 26.5 Å². The molecular formula is C22H19BrN6O4. The molecule has 10 nitrogen and oxygen atoms in total. The number of rotatable bonds is 8. The van der Waals surface area contributed by atoms with Crippen LogP contribution < -0.4 is 10.3 Å². The number of pyridine rings is 1. The molecule has 2 aromatic carbocycles. The first-order valence-corrected chi connectivity index (χ1v) is 10.8. The molecule has 0 radical (unpaired) electrons. The van der Waals surface area contributed by atoms with Gasteiger partial charge in [-0.15, -0.1) is 10.2 Å². The SMILES string of the molecule is Cn1c(CCc2cc([N+](=O)[O-])ccc2OCc2ccccc2)c(Br)cc(-c2nn[nH]n2)c1=O. The van der Waals surface area contributed by atoms with Gasteiger partial charge in [0.25, 0.3) is 11.2 Å². The second-order valence-electron chi connectivity index (χ2n) is 7.28. The Morgan fingerprint density at radius 1 is 1.15 bits per heavy atom. The third-order valence-electron chi connectivity index (χ3n) is 5.20. The van der Waals surface area contributed by atoms with Gasteiger partial charge < -0.3 is 9.30 Å². The van der Waals surface area contributed by atoms with Gasteiger partial charge in [-0.1, -0.05) is 30.3 Å². The molecule has 0 aliphatic rings. The highest BCUT2D eigenvalue weighted by Crippen LogP contribution is 2.28. The van der Waals surface area contributed by atoms with E-state index in [-0.39, 0.29) is 17.1 Å². The van der Waals surface area contributed by atoms with Gasteiger partial charge in [-0.05, 0) is 51.7 Å². The van der Waals surface area contributed by atoms with Gasteiger partial charge in [0.2, 0.25) is 5.82 Å². The fourth-order valence-electron chi connectivity index (χ4n) is 3.46. The predicted octanol–water partition coefficient (Wildman–Crippen LogP) is 3.60. The summed E-state index contributed by atoms with van der Waals surface area (Å²) in [7, 11) is 1.66. The Kier molecular flexibility index (Phi) is 6.59. The highest BCUT2D eigenvalue weighted by Gasteiger charge is 2.17. The van der Waals surface area contributed by atoms with Crippen molar-refractivity contribution in [3.8, 4) is 17.1 Å². The molecule has 0 amide bonds. The van der Waals surface area contributed by atoms with E-state index < -0.39 is 4.92 Å². The van der Waals surface area contributed by atoms with Crippen molar-refractivity contribution >= 4 is 21.6 Å². The van der Waals surface area contributed by atoms with Crippen molar-refractivity contribution in [2.24, 2.45) is 7.05 Å². The van der Waals surface area contributed by atoms with Gasteiger partial charge in [0.15, 0.2) is 0 Å². The Morgan fingerprint density at radius 2 is 1.94 bits per heavy atom. The zero-order valence-electron chi connectivity index (χ0n) is 17.6. The number of benzene rings is 2. The molecule has 33 heavy (non-hydrogen) atoms. The fraction of sp³-hybridized carbons (Fsp3) is 0.182. The standard InChI is InChI=1S/C22H19BrN6O4/c1-28-19(18(23)12-17(22(28)30)21-24-26-27-25-21)9-7-15-11-16(29(31)32)8-10-20(15)33-13-14-5-3-2-4-6-14/h2-6,8,10-12H,7,9,13H2,1H3,(H,24,25,26,27). The minimum atomic E-state index is -0.435. The molecule has 0 unspecified atom stereocenters. The van der Waals surface area contributed by atoms with Crippen molar-refractivity contribution in [1.82, 2.24) is 25.2 Å². The van der Waals surface area contributed by atoms with Gasteiger partial charge in [-0.25, -0.2) is 0 Å². The normalized spacial score (nSPS) is 10.8. The molecule has 2 heterocycles. The summed E-state index contributed by atoms with van der Waals surface area (Å²) in [6.07, 6.45) is 0.876. The lowest BCUT2D eigenvalue weighted by Crippen LogP contribution is -2.23. The maximum Gasteiger partial charge on any atom is 0.269 e. The molecule has 168 valence electrons. The molecule has 0 aliphatic carbocycles. The van der Waals surface area contributed by atoms with Gasteiger partial charge in [-0.3, -0.25) is 14.9 Å². The number of aryl methyl sites for hydroxylation is 1. The minimum Gasteiger partial charge on any atom is -0.489 e. The Bertz CT molecular complexity index is 1340. The van der Waals surface area contributed by atoms with E-state index in [1.54, 1.807) is 19.2 Å². The molecule has 4 aromatic rings. The van der Waals surface area contributed by atoms with Crippen molar-refractivity contribution in [2.45, 2.75) is 19.4 Å². The number of hydrogen-bond acceptors (Lipinski definition) is 7. The van der Waals surface area contributed by atoms with Crippen LogP contribution in [0.25, 0.3) is 11.4 Å². The summed E-state index contributed by atoms with van der Waals surface area (Å²) in [6, 6.07) is 15.9. The molecule has 11 heteroatoms.